The molecule has 1 aliphatic carbocycles. The Morgan fingerprint density at radius 1 is 1.30 bits per heavy atom. The highest BCUT2D eigenvalue weighted by molar-refractivity contribution is 5.92. The molecule has 1 amide bonds. The first-order valence-corrected chi connectivity index (χ1v) is 7.76. The molecular formula is C15H23N3O2. The van der Waals surface area contributed by atoms with Crippen LogP contribution in [0.25, 0.3) is 0 Å². The lowest BCUT2D eigenvalue weighted by atomic mass is 9.87. The Hall–Kier alpha value is -1.36. The Morgan fingerprint density at radius 2 is 2.10 bits per heavy atom. The molecule has 5 nitrogen and oxygen atoms in total. The summed E-state index contributed by atoms with van der Waals surface area (Å²) in [6.45, 7) is 0.779. The van der Waals surface area contributed by atoms with Crippen LogP contribution in [0.4, 0.5) is 0 Å². The molecule has 1 aromatic heterocycles. The summed E-state index contributed by atoms with van der Waals surface area (Å²) in [5.41, 5.74) is 1.61. The van der Waals surface area contributed by atoms with Crippen LogP contribution in [0.2, 0.25) is 0 Å². The fourth-order valence-electron chi connectivity index (χ4n) is 3.51. The minimum absolute atomic E-state index is 0.0302. The van der Waals surface area contributed by atoms with Crippen LogP contribution >= 0.6 is 0 Å². The number of rotatable bonds is 3. The summed E-state index contributed by atoms with van der Waals surface area (Å²) < 4.78 is 0. The van der Waals surface area contributed by atoms with Crippen molar-refractivity contribution in [3.05, 3.63) is 17.5 Å². The molecule has 1 saturated heterocycles. The molecule has 2 fully saturated rings. The van der Waals surface area contributed by atoms with Crippen LogP contribution < -0.4 is 0 Å². The van der Waals surface area contributed by atoms with Gasteiger partial charge in [0.15, 0.2) is 0 Å². The van der Waals surface area contributed by atoms with E-state index in [4.69, 9.17) is 0 Å². The van der Waals surface area contributed by atoms with E-state index >= 15 is 0 Å². The molecule has 1 atom stereocenters. The molecule has 0 aromatic carbocycles. The highest BCUT2D eigenvalue weighted by Crippen LogP contribution is 2.32. The van der Waals surface area contributed by atoms with Gasteiger partial charge in [-0.25, -0.2) is 0 Å². The molecule has 0 bridgehead atoms. The quantitative estimate of drug-likeness (QED) is 0.888. The maximum Gasteiger partial charge on any atom is 0.274 e. The fourth-order valence-corrected chi connectivity index (χ4v) is 3.51. The molecule has 3 rings (SSSR count). The van der Waals surface area contributed by atoms with Crippen LogP contribution in [0.1, 0.15) is 67.0 Å². The zero-order valence-corrected chi connectivity index (χ0v) is 11.8. The maximum absolute atomic E-state index is 12.4. The third kappa shape index (κ3) is 2.59. The number of aliphatic hydroxyl groups excluding tert-OH is 1. The molecule has 5 heteroatoms. The van der Waals surface area contributed by atoms with Crippen LogP contribution in [0, 0.1) is 0 Å². The number of amides is 1. The normalized spacial score (nSPS) is 24.2. The number of aromatic amines is 1. The molecular weight excluding hydrogens is 254 g/mol. The predicted octanol–water partition coefficient (Wildman–Crippen LogP) is 2.05. The summed E-state index contributed by atoms with van der Waals surface area (Å²) in [6.07, 6.45) is 8.11. The van der Waals surface area contributed by atoms with Gasteiger partial charge in [0, 0.05) is 18.2 Å². The van der Waals surface area contributed by atoms with Crippen molar-refractivity contribution in [1.82, 2.24) is 15.1 Å². The second kappa shape index (κ2) is 5.95. The molecule has 2 N–H and O–H groups in total. The number of carbonyl (C=O) groups excluding carboxylic acids is 1. The molecule has 0 radical (unpaired) electrons. The largest absolute Gasteiger partial charge is 0.394 e. The predicted molar refractivity (Wildman–Crippen MR) is 75.6 cm³/mol. The van der Waals surface area contributed by atoms with Crippen LogP contribution in [0.3, 0.4) is 0 Å². The number of H-pyrrole nitrogens is 1. The van der Waals surface area contributed by atoms with Gasteiger partial charge in [-0.3, -0.25) is 9.89 Å². The lowest BCUT2D eigenvalue weighted by Gasteiger charge is -2.22. The van der Waals surface area contributed by atoms with E-state index in [9.17, 15) is 9.90 Å². The van der Waals surface area contributed by atoms with Gasteiger partial charge in [0.25, 0.3) is 5.91 Å². The van der Waals surface area contributed by atoms with Gasteiger partial charge in [-0.2, -0.15) is 5.10 Å². The van der Waals surface area contributed by atoms with Gasteiger partial charge in [0.05, 0.1) is 12.6 Å². The van der Waals surface area contributed by atoms with Crippen LogP contribution in [-0.4, -0.2) is 45.3 Å². The Morgan fingerprint density at radius 3 is 2.85 bits per heavy atom. The molecule has 20 heavy (non-hydrogen) atoms. The van der Waals surface area contributed by atoms with Crippen molar-refractivity contribution in [3.8, 4) is 0 Å². The second-order valence-electron chi connectivity index (χ2n) is 6.02. The molecule has 0 spiro atoms. The summed E-state index contributed by atoms with van der Waals surface area (Å²) in [4.78, 5) is 14.2. The van der Waals surface area contributed by atoms with Gasteiger partial charge in [0.1, 0.15) is 5.69 Å². The van der Waals surface area contributed by atoms with Crippen LogP contribution in [-0.2, 0) is 0 Å². The highest BCUT2D eigenvalue weighted by atomic mass is 16.3. The third-order valence-electron chi connectivity index (χ3n) is 4.71. The Labute approximate surface area is 119 Å². The molecule has 2 aliphatic rings. The highest BCUT2D eigenvalue weighted by Gasteiger charge is 2.30. The van der Waals surface area contributed by atoms with Crippen molar-refractivity contribution >= 4 is 5.91 Å². The van der Waals surface area contributed by atoms with Gasteiger partial charge in [-0.1, -0.05) is 19.3 Å². The molecule has 110 valence electrons. The zero-order valence-electron chi connectivity index (χ0n) is 11.8. The third-order valence-corrected chi connectivity index (χ3v) is 4.71. The second-order valence-corrected chi connectivity index (χ2v) is 6.02. The molecule has 0 unspecified atom stereocenters. The lowest BCUT2D eigenvalue weighted by Crippen LogP contribution is -2.37. The number of hydrogen-bond donors (Lipinski definition) is 2. The van der Waals surface area contributed by atoms with E-state index in [0.717, 1.165) is 25.1 Å². The van der Waals surface area contributed by atoms with Crippen molar-refractivity contribution in [3.63, 3.8) is 0 Å². The first-order valence-electron chi connectivity index (χ1n) is 7.76. The summed E-state index contributed by atoms with van der Waals surface area (Å²) in [5.74, 6) is 0.491. The van der Waals surface area contributed by atoms with Gasteiger partial charge in [0.2, 0.25) is 0 Å². The summed E-state index contributed by atoms with van der Waals surface area (Å²) in [6, 6.07) is 1.89. The number of nitrogens with one attached hydrogen (secondary N) is 1. The zero-order chi connectivity index (χ0) is 13.9. The molecule has 1 aliphatic heterocycles. The van der Waals surface area contributed by atoms with E-state index in [1.165, 1.54) is 32.1 Å². The molecule has 1 saturated carbocycles. The monoisotopic (exact) mass is 277 g/mol. The SMILES string of the molecule is O=C(c1cc(C2CCCCC2)[nH]n1)N1CCC[C@H]1CO. The Bertz CT molecular complexity index is 465. The Balaban J connectivity index is 1.71. The number of aromatic nitrogens is 2. The van der Waals surface area contributed by atoms with E-state index in [2.05, 4.69) is 10.2 Å². The van der Waals surface area contributed by atoms with Crippen LogP contribution in [0.5, 0.6) is 0 Å². The smallest absolute Gasteiger partial charge is 0.274 e. The average molecular weight is 277 g/mol. The fraction of sp³-hybridized carbons (Fsp3) is 0.733. The van der Waals surface area contributed by atoms with Gasteiger partial charge in [-0.05, 0) is 31.7 Å². The van der Waals surface area contributed by atoms with E-state index in [-0.39, 0.29) is 18.6 Å². The topological polar surface area (TPSA) is 69.2 Å². The minimum Gasteiger partial charge on any atom is -0.394 e. The van der Waals surface area contributed by atoms with E-state index in [0.29, 0.717) is 11.6 Å². The minimum atomic E-state index is -0.0418. The van der Waals surface area contributed by atoms with E-state index in [1.807, 2.05) is 6.07 Å². The number of aliphatic hydroxyl groups is 1. The van der Waals surface area contributed by atoms with Crippen molar-refractivity contribution in [2.45, 2.75) is 56.9 Å². The lowest BCUT2D eigenvalue weighted by molar-refractivity contribution is 0.0671. The standard InChI is InChI=1S/C15H23N3O2/c19-10-12-7-4-8-18(12)15(20)14-9-13(16-17-14)11-5-2-1-3-6-11/h9,11-12,19H,1-8,10H2,(H,16,17)/t12-/m0/s1. The molecule has 1 aromatic rings. The first-order chi connectivity index (χ1) is 9.79. The number of likely N-dealkylation sites (tertiary alicyclic amines) is 1. The van der Waals surface area contributed by atoms with Gasteiger partial charge in [-0.15, -0.1) is 0 Å². The van der Waals surface area contributed by atoms with Crippen molar-refractivity contribution in [2.24, 2.45) is 0 Å². The molecule has 2 heterocycles. The number of nitrogens with zero attached hydrogens (tertiary/aromatic N) is 2. The average Bonchev–Trinajstić information content (AvgIpc) is 3.16. The van der Waals surface area contributed by atoms with Crippen LogP contribution in [0.15, 0.2) is 6.07 Å². The van der Waals surface area contributed by atoms with Crippen molar-refractivity contribution in [2.75, 3.05) is 13.2 Å². The number of carbonyl (C=O) groups is 1. The van der Waals surface area contributed by atoms with E-state index < -0.39 is 0 Å². The van der Waals surface area contributed by atoms with Crippen molar-refractivity contribution < 1.29 is 9.90 Å². The Kier molecular flexibility index (Phi) is 4.05. The van der Waals surface area contributed by atoms with E-state index in [1.54, 1.807) is 4.90 Å². The summed E-state index contributed by atoms with van der Waals surface area (Å²) in [7, 11) is 0. The number of hydrogen-bond acceptors (Lipinski definition) is 3. The first kappa shape index (κ1) is 13.6. The van der Waals surface area contributed by atoms with Gasteiger partial charge >= 0.3 is 0 Å². The summed E-state index contributed by atoms with van der Waals surface area (Å²) in [5, 5.41) is 16.6. The maximum atomic E-state index is 12.4. The van der Waals surface area contributed by atoms with Crippen molar-refractivity contribution in [1.29, 1.82) is 0 Å². The summed E-state index contributed by atoms with van der Waals surface area (Å²) >= 11 is 0. The van der Waals surface area contributed by atoms with Gasteiger partial charge < -0.3 is 10.0 Å².